The zero-order valence-electron chi connectivity index (χ0n) is 36.8. The molecule has 0 aromatic rings. The Hall–Kier alpha value is -2.71. The molecular formula is C48H86NO7+. The molecule has 0 fully saturated rings. The van der Waals surface area contributed by atoms with E-state index in [9.17, 15) is 19.5 Å². The van der Waals surface area contributed by atoms with E-state index in [2.05, 4.69) is 62.5 Å². The lowest BCUT2D eigenvalue weighted by molar-refractivity contribution is -0.887. The first-order chi connectivity index (χ1) is 27.1. The van der Waals surface area contributed by atoms with Crippen LogP contribution in [0.5, 0.6) is 0 Å². The van der Waals surface area contributed by atoms with Gasteiger partial charge in [0.1, 0.15) is 6.61 Å². The Morgan fingerprint density at radius 1 is 0.554 bits per heavy atom. The van der Waals surface area contributed by atoms with Gasteiger partial charge in [0.15, 0.2) is 12.1 Å². The molecule has 0 heterocycles. The number of quaternary nitrogens is 1. The zero-order chi connectivity index (χ0) is 41.4. The third-order valence-electron chi connectivity index (χ3n) is 9.96. The Bertz CT molecular complexity index is 1060. The molecule has 0 aliphatic carbocycles. The van der Waals surface area contributed by atoms with E-state index in [0.717, 1.165) is 44.9 Å². The van der Waals surface area contributed by atoms with Crippen molar-refractivity contribution in [2.45, 2.75) is 199 Å². The van der Waals surface area contributed by atoms with E-state index in [1.165, 1.54) is 103 Å². The van der Waals surface area contributed by atoms with Crippen molar-refractivity contribution in [3.8, 4) is 0 Å². The number of likely N-dealkylation sites (N-methyl/N-ethyl adjacent to an activating group) is 1. The number of hydrogen-bond donors (Lipinski definition) is 1. The number of carboxylic acids is 1. The van der Waals surface area contributed by atoms with E-state index < -0.39 is 18.1 Å². The topological polar surface area (TPSA) is 99.1 Å². The fourth-order valence-electron chi connectivity index (χ4n) is 6.46. The van der Waals surface area contributed by atoms with E-state index in [1.54, 1.807) is 0 Å². The molecule has 0 aromatic carbocycles. The second kappa shape index (κ2) is 39.1. The van der Waals surface area contributed by atoms with Gasteiger partial charge in [0, 0.05) is 19.3 Å². The fourth-order valence-corrected chi connectivity index (χ4v) is 6.46. The third-order valence-corrected chi connectivity index (χ3v) is 9.96. The number of aliphatic carboxylic acids is 1. The second-order valence-corrected chi connectivity index (χ2v) is 16.3. The highest BCUT2D eigenvalue weighted by Gasteiger charge is 2.31. The summed E-state index contributed by atoms with van der Waals surface area (Å²) in [5.41, 5.74) is 0. The monoisotopic (exact) mass is 789 g/mol. The highest BCUT2D eigenvalue weighted by atomic mass is 16.6. The molecule has 56 heavy (non-hydrogen) atoms. The van der Waals surface area contributed by atoms with E-state index in [1.807, 2.05) is 21.1 Å². The second-order valence-electron chi connectivity index (χ2n) is 16.3. The Balaban J connectivity index is 4.27. The van der Waals surface area contributed by atoms with Crippen LogP contribution in [-0.2, 0) is 28.6 Å². The van der Waals surface area contributed by atoms with Crippen LogP contribution in [0.25, 0.3) is 0 Å². The normalized spacial score (nSPS) is 13.4. The molecule has 1 N–H and O–H groups in total. The van der Waals surface area contributed by atoms with Crippen molar-refractivity contribution in [1.29, 1.82) is 0 Å². The van der Waals surface area contributed by atoms with Crippen LogP contribution in [0.3, 0.4) is 0 Å². The Labute approximate surface area is 344 Å². The minimum atomic E-state index is -0.884. The highest BCUT2D eigenvalue weighted by molar-refractivity contribution is 5.72. The van der Waals surface area contributed by atoms with Gasteiger partial charge in [-0.25, -0.2) is 4.79 Å². The zero-order valence-corrected chi connectivity index (χ0v) is 36.8. The van der Waals surface area contributed by atoms with Crippen LogP contribution in [0.15, 0.2) is 48.6 Å². The van der Waals surface area contributed by atoms with Crippen LogP contribution in [0.4, 0.5) is 0 Å². The maximum atomic E-state index is 12.6. The summed E-state index contributed by atoms with van der Waals surface area (Å²) in [6, 6.07) is -0.624. The molecule has 0 rings (SSSR count). The number of rotatable bonds is 40. The number of carbonyl (C=O) groups is 3. The van der Waals surface area contributed by atoms with Crippen molar-refractivity contribution in [3.05, 3.63) is 48.6 Å². The lowest BCUT2D eigenvalue weighted by atomic mass is 10.1. The van der Waals surface area contributed by atoms with Crippen molar-refractivity contribution in [1.82, 2.24) is 0 Å². The number of ether oxygens (including phenoxy) is 3. The first-order valence-electron chi connectivity index (χ1n) is 22.7. The molecule has 0 aromatic heterocycles. The van der Waals surface area contributed by atoms with E-state index in [0.29, 0.717) is 19.3 Å². The summed E-state index contributed by atoms with van der Waals surface area (Å²) in [4.78, 5) is 36.9. The molecule has 0 saturated heterocycles. The minimum absolute atomic E-state index is 0.0390. The Morgan fingerprint density at radius 3 is 1.55 bits per heavy atom. The number of hydrogen-bond acceptors (Lipinski definition) is 6. The highest BCUT2D eigenvalue weighted by Crippen LogP contribution is 2.14. The Morgan fingerprint density at radius 2 is 1.02 bits per heavy atom. The van der Waals surface area contributed by atoms with Crippen LogP contribution in [0.1, 0.15) is 187 Å². The van der Waals surface area contributed by atoms with Crippen LogP contribution >= 0.6 is 0 Å². The molecule has 0 bridgehead atoms. The lowest BCUT2D eigenvalue weighted by Crippen LogP contribution is -2.50. The molecule has 0 aliphatic heterocycles. The van der Waals surface area contributed by atoms with Gasteiger partial charge >= 0.3 is 17.9 Å². The van der Waals surface area contributed by atoms with Crippen LogP contribution < -0.4 is 0 Å². The summed E-state index contributed by atoms with van der Waals surface area (Å²) < 4.78 is 17.2. The number of carboxylic acid groups (broad SMARTS) is 1. The molecule has 0 saturated carbocycles. The van der Waals surface area contributed by atoms with Crippen molar-refractivity contribution in [2.24, 2.45) is 0 Å². The van der Waals surface area contributed by atoms with Gasteiger partial charge in [-0.2, -0.15) is 0 Å². The summed E-state index contributed by atoms with van der Waals surface area (Å²) in [5.74, 6) is -1.54. The molecule has 2 unspecified atom stereocenters. The number of esters is 2. The van der Waals surface area contributed by atoms with Gasteiger partial charge in [0.2, 0.25) is 0 Å². The standard InChI is InChI=1S/C48H85NO7/c1-6-8-10-12-14-16-18-19-20-21-22-23-24-25-26-27-29-30-32-34-36-38-46(50)55-43-44(42-54-41-40-45(48(52)53)49(3,4)5)56-47(51)39-37-35-33-31-28-17-15-13-11-9-7-2/h9,11,15,17,23-24,31,33,44-45H,6-8,10,12-14,16,18-22,25-30,32,34-43H2,1-5H3/p+1/b11-9+,17-15+,24-23+,33-31+. The molecule has 8 heteroatoms. The van der Waals surface area contributed by atoms with Gasteiger partial charge in [-0.05, 0) is 64.2 Å². The molecule has 0 radical (unpaired) electrons. The number of carbonyl (C=O) groups excluding carboxylic acids is 2. The summed E-state index contributed by atoms with van der Waals surface area (Å²) in [6.45, 7) is 4.56. The van der Waals surface area contributed by atoms with E-state index >= 15 is 0 Å². The first-order valence-corrected chi connectivity index (χ1v) is 22.7. The van der Waals surface area contributed by atoms with Crippen molar-refractivity contribution < 1.29 is 38.2 Å². The average Bonchev–Trinajstić information content (AvgIpc) is 3.15. The summed E-state index contributed by atoms with van der Waals surface area (Å²) in [5, 5.41) is 9.61. The molecule has 0 spiro atoms. The van der Waals surface area contributed by atoms with E-state index in [4.69, 9.17) is 14.2 Å². The minimum Gasteiger partial charge on any atom is -0.477 e. The Kier molecular flexibility index (Phi) is 37.2. The van der Waals surface area contributed by atoms with Gasteiger partial charge in [-0.15, -0.1) is 0 Å². The smallest absolute Gasteiger partial charge is 0.362 e. The van der Waals surface area contributed by atoms with Crippen LogP contribution in [0, 0.1) is 0 Å². The van der Waals surface area contributed by atoms with Gasteiger partial charge in [-0.1, -0.05) is 152 Å². The lowest BCUT2D eigenvalue weighted by Gasteiger charge is -2.31. The first kappa shape index (κ1) is 53.3. The fraction of sp³-hybridized carbons (Fsp3) is 0.771. The molecular weight excluding hydrogens is 703 g/mol. The molecule has 8 nitrogen and oxygen atoms in total. The van der Waals surface area contributed by atoms with E-state index in [-0.39, 0.29) is 42.7 Å². The quantitative estimate of drug-likeness (QED) is 0.0286. The maximum Gasteiger partial charge on any atom is 0.362 e. The average molecular weight is 789 g/mol. The SMILES string of the molecule is CC/C=C/C/C=C/C/C=C/CCCC(=O)OC(COCCC(C(=O)O)[N+](C)(C)C)COC(=O)CCCCCCCCC/C=C/CCCCCCCCCCCC. The van der Waals surface area contributed by atoms with Gasteiger partial charge in [-0.3, -0.25) is 9.59 Å². The molecule has 0 aliphatic rings. The molecule has 2 atom stereocenters. The summed E-state index contributed by atoms with van der Waals surface area (Å²) >= 11 is 0. The van der Waals surface area contributed by atoms with Crippen LogP contribution in [-0.4, -0.2) is 80.6 Å². The predicted octanol–water partition coefficient (Wildman–Crippen LogP) is 12.4. The van der Waals surface area contributed by atoms with Crippen molar-refractivity contribution >= 4 is 17.9 Å². The maximum absolute atomic E-state index is 12.6. The van der Waals surface area contributed by atoms with Gasteiger partial charge in [0.25, 0.3) is 0 Å². The van der Waals surface area contributed by atoms with Gasteiger partial charge < -0.3 is 23.8 Å². The van der Waals surface area contributed by atoms with Crippen molar-refractivity contribution in [2.75, 3.05) is 41.0 Å². The van der Waals surface area contributed by atoms with Gasteiger partial charge in [0.05, 0.1) is 34.4 Å². The number of allylic oxidation sites excluding steroid dienone is 8. The third kappa shape index (κ3) is 36.9. The van der Waals surface area contributed by atoms with Crippen LogP contribution in [0.2, 0.25) is 0 Å². The summed E-state index contributed by atoms with van der Waals surface area (Å²) in [6.07, 6.45) is 46.1. The molecule has 324 valence electrons. The largest absolute Gasteiger partial charge is 0.477 e. The number of unbranched alkanes of at least 4 members (excludes halogenated alkanes) is 18. The predicted molar refractivity (Wildman–Crippen MR) is 234 cm³/mol. The summed E-state index contributed by atoms with van der Waals surface area (Å²) in [7, 11) is 5.50. The van der Waals surface area contributed by atoms with Crippen molar-refractivity contribution in [3.63, 3.8) is 0 Å². The molecule has 0 amide bonds. The number of nitrogens with zero attached hydrogens (tertiary/aromatic N) is 1.